The number of anilines is 1. The smallest absolute Gasteiger partial charge is 0.396 e. The van der Waals surface area contributed by atoms with Gasteiger partial charge in [0.2, 0.25) is 0 Å². The van der Waals surface area contributed by atoms with Gasteiger partial charge < -0.3 is 10.4 Å². The molecular formula is C13H15F3N2O. The van der Waals surface area contributed by atoms with E-state index in [1.165, 1.54) is 12.1 Å². The van der Waals surface area contributed by atoms with Gasteiger partial charge in [0.1, 0.15) is 0 Å². The molecule has 2 N–H and O–H groups in total. The molecule has 0 saturated heterocycles. The van der Waals surface area contributed by atoms with Crippen molar-refractivity contribution in [1.29, 1.82) is 5.26 Å². The van der Waals surface area contributed by atoms with Crippen LogP contribution in [0.5, 0.6) is 0 Å². The number of nitrogens with one attached hydrogen (secondary N) is 1. The Hall–Kier alpha value is -1.74. The molecule has 0 aliphatic rings. The van der Waals surface area contributed by atoms with Crippen molar-refractivity contribution in [2.75, 3.05) is 18.5 Å². The second kappa shape index (κ2) is 6.43. The van der Waals surface area contributed by atoms with E-state index in [9.17, 15) is 13.2 Å². The van der Waals surface area contributed by atoms with Crippen LogP contribution in [-0.4, -0.2) is 18.3 Å². The molecule has 0 fully saturated rings. The van der Waals surface area contributed by atoms with Gasteiger partial charge in [-0.2, -0.15) is 18.4 Å². The molecule has 1 aromatic carbocycles. The van der Waals surface area contributed by atoms with Gasteiger partial charge in [-0.1, -0.05) is 6.92 Å². The molecule has 0 bridgehead atoms. The number of aliphatic hydroxyl groups is 1. The van der Waals surface area contributed by atoms with Crippen molar-refractivity contribution in [1.82, 2.24) is 0 Å². The van der Waals surface area contributed by atoms with Crippen LogP contribution in [0.1, 0.15) is 24.5 Å². The number of aliphatic hydroxyl groups excluding tert-OH is 1. The van der Waals surface area contributed by atoms with Crippen LogP contribution in [0.15, 0.2) is 18.2 Å². The molecule has 0 aliphatic carbocycles. The highest BCUT2D eigenvalue weighted by atomic mass is 19.4. The Balaban J connectivity index is 2.81. The van der Waals surface area contributed by atoms with E-state index in [-0.39, 0.29) is 12.5 Å². The standard InChI is InChI=1S/C13H15F3N2O/c1-9(4-5-19)8-18-11-2-3-12(13(14,15)16)10(6-11)7-17/h2-3,6,9,18-19H,4-5,8H2,1H3. The maximum absolute atomic E-state index is 12.6. The number of nitriles is 1. The number of nitrogens with zero attached hydrogens (tertiary/aromatic N) is 1. The van der Waals surface area contributed by atoms with Crippen LogP contribution in [0.4, 0.5) is 18.9 Å². The van der Waals surface area contributed by atoms with Gasteiger partial charge in [0.15, 0.2) is 0 Å². The van der Waals surface area contributed by atoms with Gasteiger partial charge in [0.25, 0.3) is 0 Å². The Bertz CT molecular complexity index is 466. The topological polar surface area (TPSA) is 56.0 Å². The number of hydrogen-bond acceptors (Lipinski definition) is 3. The zero-order valence-corrected chi connectivity index (χ0v) is 10.5. The summed E-state index contributed by atoms with van der Waals surface area (Å²) < 4.78 is 37.7. The van der Waals surface area contributed by atoms with Gasteiger partial charge in [0.05, 0.1) is 17.2 Å². The van der Waals surface area contributed by atoms with Crippen LogP contribution in [0, 0.1) is 17.2 Å². The van der Waals surface area contributed by atoms with Gasteiger partial charge in [-0.15, -0.1) is 0 Å². The van der Waals surface area contributed by atoms with Gasteiger partial charge in [-0.25, -0.2) is 0 Å². The van der Waals surface area contributed by atoms with Crippen LogP contribution >= 0.6 is 0 Å². The second-order valence-electron chi connectivity index (χ2n) is 4.37. The third-order valence-corrected chi connectivity index (χ3v) is 2.72. The van der Waals surface area contributed by atoms with Crippen LogP contribution < -0.4 is 5.32 Å². The zero-order chi connectivity index (χ0) is 14.5. The summed E-state index contributed by atoms with van der Waals surface area (Å²) in [5, 5.41) is 20.5. The molecule has 3 nitrogen and oxygen atoms in total. The van der Waals surface area contributed by atoms with E-state index in [2.05, 4.69) is 5.32 Å². The van der Waals surface area contributed by atoms with Crippen molar-refractivity contribution in [2.24, 2.45) is 5.92 Å². The summed E-state index contributed by atoms with van der Waals surface area (Å²) in [5.41, 5.74) is -0.856. The predicted octanol–water partition coefficient (Wildman–Crippen LogP) is 3.01. The first-order chi connectivity index (χ1) is 8.88. The maximum Gasteiger partial charge on any atom is 0.417 e. The Morgan fingerprint density at radius 2 is 2.11 bits per heavy atom. The van der Waals surface area contributed by atoms with E-state index in [0.29, 0.717) is 18.7 Å². The van der Waals surface area contributed by atoms with E-state index in [1.807, 2.05) is 6.92 Å². The van der Waals surface area contributed by atoms with E-state index in [1.54, 1.807) is 6.07 Å². The summed E-state index contributed by atoms with van der Waals surface area (Å²) in [5.74, 6) is 0.192. The number of rotatable bonds is 5. The molecule has 0 amide bonds. The van der Waals surface area contributed by atoms with Crippen molar-refractivity contribution in [3.63, 3.8) is 0 Å². The number of hydrogen-bond donors (Lipinski definition) is 2. The molecule has 0 spiro atoms. The molecule has 0 aromatic heterocycles. The average molecular weight is 272 g/mol. The molecule has 1 atom stereocenters. The minimum atomic E-state index is -4.52. The molecule has 0 radical (unpaired) electrons. The Kier molecular flexibility index (Phi) is 5.19. The third-order valence-electron chi connectivity index (χ3n) is 2.72. The lowest BCUT2D eigenvalue weighted by molar-refractivity contribution is -0.137. The van der Waals surface area contributed by atoms with E-state index < -0.39 is 17.3 Å². The first-order valence-corrected chi connectivity index (χ1v) is 5.84. The molecule has 1 rings (SSSR count). The van der Waals surface area contributed by atoms with Gasteiger partial charge >= 0.3 is 6.18 Å². The van der Waals surface area contributed by atoms with Crippen LogP contribution in [0.3, 0.4) is 0 Å². The number of halogens is 3. The lowest BCUT2D eigenvalue weighted by Gasteiger charge is -2.14. The van der Waals surface area contributed by atoms with Crippen molar-refractivity contribution < 1.29 is 18.3 Å². The zero-order valence-electron chi connectivity index (χ0n) is 10.5. The average Bonchev–Trinajstić information content (AvgIpc) is 2.35. The van der Waals surface area contributed by atoms with Crippen LogP contribution in [-0.2, 0) is 6.18 Å². The van der Waals surface area contributed by atoms with Crippen molar-refractivity contribution >= 4 is 5.69 Å². The minimum Gasteiger partial charge on any atom is -0.396 e. The number of benzene rings is 1. The minimum absolute atomic E-state index is 0.0688. The van der Waals surface area contributed by atoms with Gasteiger partial charge in [-0.3, -0.25) is 0 Å². The summed E-state index contributed by atoms with van der Waals surface area (Å²) in [6.07, 6.45) is -3.91. The molecule has 0 saturated carbocycles. The van der Waals surface area contributed by atoms with Crippen LogP contribution in [0.25, 0.3) is 0 Å². The predicted molar refractivity (Wildman–Crippen MR) is 65.5 cm³/mol. The van der Waals surface area contributed by atoms with Gasteiger partial charge in [0, 0.05) is 18.8 Å². The van der Waals surface area contributed by atoms with Crippen molar-refractivity contribution in [3.05, 3.63) is 29.3 Å². The summed E-state index contributed by atoms with van der Waals surface area (Å²) in [6, 6.07) is 4.95. The lowest BCUT2D eigenvalue weighted by atomic mass is 10.1. The largest absolute Gasteiger partial charge is 0.417 e. The van der Waals surface area contributed by atoms with Crippen molar-refractivity contribution in [2.45, 2.75) is 19.5 Å². The highest BCUT2D eigenvalue weighted by molar-refractivity contribution is 5.53. The molecule has 19 heavy (non-hydrogen) atoms. The van der Waals surface area contributed by atoms with E-state index in [4.69, 9.17) is 10.4 Å². The lowest BCUT2D eigenvalue weighted by Crippen LogP contribution is -2.13. The highest BCUT2D eigenvalue weighted by Gasteiger charge is 2.33. The fourth-order valence-electron chi connectivity index (χ4n) is 1.61. The first kappa shape index (κ1) is 15.3. The third kappa shape index (κ3) is 4.45. The fraction of sp³-hybridized carbons (Fsp3) is 0.462. The van der Waals surface area contributed by atoms with E-state index >= 15 is 0 Å². The second-order valence-corrected chi connectivity index (χ2v) is 4.37. The molecule has 0 heterocycles. The Morgan fingerprint density at radius 1 is 1.42 bits per heavy atom. The van der Waals surface area contributed by atoms with Gasteiger partial charge in [-0.05, 0) is 30.5 Å². The summed E-state index contributed by atoms with van der Waals surface area (Å²) >= 11 is 0. The highest BCUT2D eigenvalue weighted by Crippen LogP contribution is 2.33. The summed E-state index contributed by atoms with van der Waals surface area (Å²) in [4.78, 5) is 0. The summed E-state index contributed by atoms with van der Waals surface area (Å²) in [6.45, 7) is 2.51. The van der Waals surface area contributed by atoms with Crippen molar-refractivity contribution in [3.8, 4) is 6.07 Å². The molecule has 6 heteroatoms. The monoisotopic (exact) mass is 272 g/mol. The summed E-state index contributed by atoms with van der Waals surface area (Å²) in [7, 11) is 0. The molecular weight excluding hydrogens is 257 g/mol. The quantitative estimate of drug-likeness (QED) is 0.866. The first-order valence-electron chi connectivity index (χ1n) is 5.84. The van der Waals surface area contributed by atoms with E-state index in [0.717, 1.165) is 6.07 Å². The molecule has 1 unspecified atom stereocenters. The Morgan fingerprint density at radius 3 is 2.63 bits per heavy atom. The SMILES string of the molecule is CC(CCO)CNc1ccc(C(F)(F)F)c(C#N)c1. The molecule has 0 aliphatic heterocycles. The number of alkyl halides is 3. The maximum atomic E-state index is 12.6. The fourth-order valence-corrected chi connectivity index (χ4v) is 1.61. The molecule has 104 valence electrons. The Labute approximate surface area is 109 Å². The normalized spacial score (nSPS) is 12.8. The van der Waals surface area contributed by atoms with Crippen LogP contribution in [0.2, 0.25) is 0 Å². The molecule has 1 aromatic rings.